The van der Waals surface area contributed by atoms with Gasteiger partial charge in [0.1, 0.15) is 22.3 Å². The van der Waals surface area contributed by atoms with Gasteiger partial charge in [0.15, 0.2) is 0 Å². The molecule has 4 nitrogen and oxygen atoms in total. The molecule has 2 heterocycles. The van der Waals surface area contributed by atoms with E-state index in [0.29, 0.717) is 12.2 Å². The molecule has 0 radical (unpaired) electrons. The highest BCUT2D eigenvalue weighted by molar-refractivity contribution is 8.24. The second-order valence-corrected chi connectivity index (χ2v) is 7.11. The van der Waals surface area contributed by atoms with Gasteiger partial charge in [-0.15, -0.1) is 0 Å². The first kappa shape index (κ1) is 17.0. The molecule has 0 amide bonds. The Morgan fingerprint density at radius 3 is 2.92 bits per heavy atom. The molecule has 0 N–H and O–H groups in total. The van der Waals surface area contributed by atoms with Crippen molar-refractivity contribution in [2.75, 3.05) is 19.7 Å². The summed E-state index contributed by atoms with van der Waals surface area (Å²) in [7, 11) is 0. The Kier molecular flexibility index (Phi) is 5.93. The SMILES string of the molecule is O=c1ccc2cc(OC/C=C\SC(=S)N3CCCCC3)ccc2o1. The van der Waals surface area contributed by atoms with Crippen LogP contribution in [-0.2, 0) is 0 Å². The number of hydrogen-bond donors (Lipinski definition) is 0. The first-order valence-corrected chi connectivity index (χ1v) is 9.28. The molecule has 3 rings (SSSR count). The number of nitrogens with zero attached hydrogens (tertiary/aromatic N) is 1. The van der Waals surface area contributed by atoms with E-state index in [1.54, 1.807) is 30.0 Å². The van der Waals surface area contributed by atoms with Gasteiger partial charge in [-0.05, 0) is 55.0 Å². The predicted octanol–water partition coefficient (Wildman–Crippen LogP) is 4.19. The zero-order valence-electron chi connectivity index (χ0n) is 13.3. The lowest BCUT2D eigenvalue weighted by atomic mass is 10.1. The summed E-state index contributed by atoms with van der Waals surface area (Å²) in [6.07, 6.45) is 5.73. The van der Waals surface area contributed by atoms with Crippen molar-refractivity contribution in [2.24, 2.45) is 0 Å². The average molecular weight is 361 g/mol. The van der Waals surface area contributed by atoms with Crippen LogP contribution in [0.5, 0.6) is 5.75 Å². The minimum absolute atomic E-state index is 0.346. The maximum absolute atomic E-state index is 11.2. The Bertz CT molecular complexity index is 794. The van der Waals surface area contributed by atoms with Crippen LogP contribution in [-0.4, -0.2) is 28.9 Å². The van der Waals surface area contributed by atoms with Gasteiger partial charge in [0, 0.05) is 24.5 Å². The number of ether oxygens (including phenoxy) is 1. The summed E-state index contributed by atoms with van der Waals surface area (Å²) in [6, 6.07) is 8.54. The smallest absolute Gasteiger partial charge is 0.336 e. The van der Waals surface area contributed by atoms with Gasteiger partial charge < -0.3 is 14.1 Å². The molecule has 0 saturated carbocycles. The first-order chi connectivity index (χ1) is 11.7. The zero-order chi connectivity index (χ0) is 16.8. The maximum Gasteiger partial charge on any atom is 0.336 e. The van der Waals surface area contributed by atoms with E-state index in [1.807, 2.05) is 17.6 Å². The number of piperidine rings is 1. The van der Waals surface area contributed by atoms with Gasteiger partial charge in [-0.2, -0.15) is 0 Å². The van der Waals surface area contributed by atoms with E-state index in [9.17, 15) is 4.79 Å². The minimum Gasteiger partial charge on any atom is -0.489 e. The molecule has 2 aromatic rings. The Labute approximate surface area is 150 Å². The number of likely N-dealkylation sites (tertiary alicyclic amines) is 1. The van der Waals surface area contributed by atoms with Crippen molar-refractivity contribution in [3.8, 4) is 5.75 Å². The average Bonchev–Trinajstić information content (AvgIpc) is 2.62. The van der Waals surface area contributed by atoms with Crippen LogP contribution in [0.1, 0.15) is 19.3 Å². The van der Waals surface area contributed by atoms with E-state index < -0.39 is 0 Å². The van der Waals surface area contributed by atoms with Crippen LogP contribution in [0.3, 0.4) is 0 Å². The monoisotopic (exact) mass is 361 g/mol. The lowest BCUT2D eigenvalue weighted by molar-refractivity contribution is 0.352. The molecule has 126 valence electrons. The van der Waals surface area contributed by atoms with E-state index >= 15 is 0 Å². The van der Waals surface area contributed by atoms with Gasteiger partial charge in [0.25, 0.3) is 0 Å². The summed E-state index contributed by atoms with van der Waals surface area (Å²) in [5.74, 6) is 0.740. The Balaban J connectivity index is 1.48. The molecular formula is C18H19NO3S2. The van der Waals surface area contributed by atoms with Crippen molar-refractivity contribution in [1.29, 1.82) is 0 Å². The number of benzene rings is 1. The summed E-state index contributed by atoms with van der Waals surface area (Å²) >= 11 is 7.01. The van der Waals surface area contributed by atoms with Crippen LogP contribution >= 0.6 is 24.0 Å². The number of fused-ring (bicyclic) bond motifs is 1. The Morgan fingerprint density at radius 2 is 2.08 bits per heavy atom. The van der Waals surface area contributed by atoms with E-state index in [0.717, 1.165) is 28.5 Å². The molecule has 0 spiro atoms. The third-order valence-electron chi connectivity index (χ3n) is 3.82. The van der Waals surface area contributed by atoms with Gasteiger partial charge in [-0.1, -0.05) is 24.0 Å². The highest BCUT2D eigenvalue weighted by Gasteiger charge is 2.12. The summed E-state index contributed by atoms with van der Waals surface area (Å²) < 4.78 is 11.7. The molecule has 1 saturated heterocycles. The van der Waals surface area contributed by atoms with Gasteiger partial charge >= 0.3 is 5.63 Å². The van der Waals surface area contributed by atoms with Gasteiger partial charge in [-0.3, -0.25) is 0 Å². The van der Waals surface area contributed by atoms with Crippen molar-refractivity contribution in [1.82, 2.24) is 4.90 Å². The molecule has 1 aromatic carbocycles. The van der Waals surface area contributed by atoms with Gasteiger partial charge in [0.2, 0.25) is 0 Å². The fourth-order valence-electron chi connectivity index (χ4n) is 2.58. The second-order valence-electron chi connectivity index (χ2n) is 5.57. The molecule has 0 atom stereocenters. The van der Waals surface area contributed by atoms with E-state index in [4.69, 9.17) is 21.4 Å². The second kappa shape index (κ2) is 8.35. The van der Waals surface area contributed by atoms with Crippen molar-refractivity contribution in [3.63, 3.8) is 0 Å². The van der Waals surface area contributed by atoms with Crippen LogP contribution in [0, 0.1) is 0 Å². The van der Waals surface area contributed by atoms with Gasteiger partial charge in [0.05, 0.1) is 0 Å². The summed E-state index contributed by atoms with van der Waals surface area (Å²) in [5, 5.41) is 2.83. The number of thioether (sulfide) groups is 1. The van der Waals surface area contributed by atoms with E-state index in [1.165, 1.54) is 25.3 Å². The zero-order valence-corrected chi connectivity index (χ0v) is 14.9. The third kappa shape index (κ3) is 4.61. The largest absolute Gasteiger partial charge is 0.489 e. The molecule has 1 fully saturated rings. The molecule has 24 heavy (non-hydrogen) atoms. The van der Waals surface area contributed by atoms with Crippen LogP contribution in [0.4, 0.5) is 0 Å². The quantitative estimate of drug-likeness (QED) is 0.601. The molecule has 0 unspecified atom stereocenters. The Morgan fingerprint density at radius 1 is 1.25 bits per heavy atom. The molecule has 6 heteroatoms. The number of rotatable bonds is 4. The Hall–Kier alpha value is -1.79. The van der Waals surface area contributed by atoms with E-state index in [2.05, 4.69) is 4.90 Å². The highest BCUT2D eigenvalue weighted by Crippen LogP contribution is 2.20. The fraction of sp³-hybridized carbons (Fsp3) is 0.333. The van der Waals surface area contributed by atoms with E-state index in [-0.39, 0.29) is 5.63 Å². The molecule has 0 bridgehead atoms. The standard InChI is InChI=1S/C18H19NO3S2/c20-17-8-5-14-13-15(6-7-16(14)22-17)21-11-4-12-24-18(23)19-9-2-1-3-10-19/h4-8,12-13H,1-3,9-11H2/b12-4-. The van der Waals surface area contributed by atoms with Crippen LogP contribution in [0.15, 0.2) is 51.0 Å². The van der Waals surface area contributed by atoms with Gasteiger partial charge in [-0.25, -0.2) is 4.79 Å². The lowest BCUT2D eigenvalue weighted by Crippen LogP contribution is -2.32. The lowest BCUT2D eigenvalue weighted by Gasteiger charge is -2.27. The molecule has 0 aliphatic carbocycles. The van der Waals surface area contributed by atoms with Crippen LogP contribution < -0.4 is 10.4 Å². The third-order valence-corrected chi connectivity index (χ3v) is 5.15. The minimum atomic E-state index is -0.346. The molecular weight excluding hydrogens is 342 g/mol. The van der Waals surface area contributed by atoms with Crippen molar-refractivity contribution < 1.29 is 9.15 Å². The summed E-state index contributed by atoms with van der Waals surface area (Å²) in [4.78, 5) is 13.4. The molecule has 1 aromatic heterocycles. The van der Waals surface area contributed by atoms with Crippen LogP contribution in [0.2, 0.25) is 0 Å². The highest BCUT2D eigenvalue weighted by atomic mass is 32.2. The first-order valence-electron chi connectivity index (χ1n) is 8.00. The number of thiocarbonyl (C=S) groups is 1. The topological polar surface area (TPSA) is 42.7 Å². The molecule has 1 aliphatic rings. The number of hydrogen-bond acceptors (Lipinski definition) is 5. The molecule has 1 aliphatic heterocycles. The fourth-order valence-corrected chi connectivity index (χ4v) is 3.55. The normalized spacial score (nSPS) is 15.1. The maximum atomic E-state index is 11.2. The van der Waals surface area contributed by atoms with Crippen LogP contribution in [0.25, 0.3) is 11.0 Å². The van der Waals surface area contributed by atoms with Crippen molar-refractivity contribution in [3.05, 3.63) is 52.2 Å². The van der Waals surface area contributed by atoms with Crippen molar-refractivity contribution in [2.45, 2.75) is 19.3 Å². The summed E-state index contributed by atoms with van der Waals surface area (Å²) in [6.45, 7) is 2.62. The van der Waals surface area contributed by atoms with Crippen molar-refractivity contribution >= 4 is 39.3 Å². The predicted molar refractivity (Wildman–Crippen MR) is 103 cm³/mol. The summed E-state index contributed by atoms with van der Waals surface area (Å²) in [5.41, 5.74) is 0.216.